The third kappa shape index (κ3) is 8.10. The average Bonchev–Trinajstić information content (AvgIpc) is 2.40. The third-order valence-corrected chi connectivity index (χ3v) is 3.60. The lowest BCUT2D eigenvalue weighted by molar-refractivity contribution is -0.0288. The predicted molar refractivity (Wildman–Crippen MR) is 79.1 cm³/mol. The van der Waals surface area contributed by atoms with Gasteiger partial charge >= 0.3 is 0 Å². The summed E-state index contributed by atoms with van der Waals surface area (Å²) in [5, 5.41) is 0. The highest BCUT2D eigenvalue weighted by atomic mass is 16.5. The van der Waals surface area contributed by atoms with E-state index in [1.54, 1.807) is 0 Å². The number of hydrogen-bond donors (Lipinski definition) is 0. The molecule has 0 aliphatic carbocycles. The van der Waals surface area contributed by atoms with Crippen LogP contribution in [0.5, 0.6) is 0 Å². The Balaban J connectivity index is 4.41. The van der Waals surface area contributed by atoms with Crippen molar-refractivity contribution in [3.05, 3.63) is 0 Å². The van der Waals surface area contributed by atoms with Crippen LogP contribution in [-0.2, 0) is 9.47 Å². The van der Waals surface area contributed by atoms with Crippen molar-refractivity contribution in [1.29, 1.82) is 0 Å². The molecule has 110 valence electrons. The maximum atomic E-state index is 5.74. The molecule has 0 saturated heterocycles. The van der Waals surface area contributed by atoms with Crippen LogP contribution in [0.15, 0.2) is 0 Å². The highest BCUT2D eigenvalue weighted by molar-refractivity contribution is 4.79. The van der Waals surface area contributed by atoms with Crippen molar-refractivity contribution >= 4 is 0 Å². The number of rotatable bonds is 13. The molecular weight excluding hydrogens is 224 g/mol. The first-order valence-electron chi connectivity index (χ1n) is 7.90. The molecule has 0 spiro atoms. The van der Waals surface area contributed by atoms with Crippen molar-refractivity contribution in [2.24, 2.45) is 5.41 Å². The molecule has 0 rings (SSSR count). The quantitative estimate of drug-likeness (QED) is 0.441. The van der Waals surface area contributed by atoms with Gasteiger partial charge in [-0.3, -0.25) is 0 Å². The van der Waals surface area contributed by atoms with Gasteiger partial charge in [0.05, 0.1) is 13.2 Å². The highest BCUT2D eigenvalue weighted by Gasteiger charge is 2.29. The number of ether oxygens (including phenoxy) is 2. The van der Waals surface area contributed by atoms with Gasteiger partial charge in [-0.15, -0.1) is 0 Å². The second-order valence-electron chi connectivity index (χ2n) is 5.33. The Bertz CT molecular complexity index is 147. The molecule has 18 heavy (non-hydrogen) atoms. The van der Waals surface area contributed by atoms with Gasteiger partial charge < -0.3 is 9.47 Å². The van der Waals surface area contributed by atoms with E-state index in [0.717, 1.165) is 26.4 Å². The molecule has 0 amide bonds. The Morgan fingerprint density at radius 3 is 1.61 bits per heavy atom. The van der Waals surface area contributed by atoms with Crippen molar-refractivity contribution < 1.29 is 9.47 Å². The van der Waals surface area contributed by atoms with Gasteiger partial charge in [0.1, 0.15) is 0 Å². The largest absolute Gasteiger partial charge is 0.381 e. The van der Waals surface area contributed by atoms with Crippen LogP contribution >= 0.6 is 0 Å². The number of unbranched alkanes of at least 4 members (excludes halogenated alkanes) is 3. The number of hydrogen-bond acceptors (Lipinski definition) is 2. The fourth-order valence-corrected chi connectivity index (χ4v) is 2.39. The van der Waals surface area contributed by atoms with Crippen LogP contribution in [0.25, 0.3) is 0 Å². The molecular formula is C16H34O2. The normalized spacial score (nSPS) is 12.0. The van der Waals surface area contributed by atoms with Gasteiger partial charge in [-0.1, -0.05) is 46.0 Å². The van der Waals surface area contributed by atoms with Crippen LogP contribution in [0.2, 0.25) is 0 Å². The first-order valence-corrected chi connectivity index (χ1v) is 7.90. The van der Waals surface area contributed by atoms with Gasteiger partial charge in [-0.2, -0.15) is 0 Å². The van der Waals surface area contributed by atoms with Crippen LogP contribution in [0.3, 0.4) is 0 Å². The molecule has 0 aliphatic heterocycles. The molecule has 0 unspecified atom stereocenters. The van der Waals surface area contributed by atoms with Gasteiger partial charge in [0.2, 0.25) is 0 Å². The molecule has 2 nitrogen and oxygen atoms in total. The minimum atomic E-state index is 0.261. The van der Waals surface area contributed by atoms with Gasteiger partial charge in [-0.05, 0) is 26.7 Å². The van der Waals surface area contributed by atoms with Crippen LogP contribution in [0, 0.1) is 5.41 Å². The van der Waals surface area contributed by atoms with Crippen molar-refractivity contribution in [2.45, 2.75) is 72.6 Å². The van der Waals surface area contributed by atoms with Crippen molar-refractivity contribution in [2.75, 3.05) is 26.4 Å². The van der Waals surface area contributed by atoms with Crippen LogP contribution < -0.4 is 0 Å². The minimum absolute atomic E-state index is 0.261. The molecule has 0 radical (unpaired) electrons. The van der Waals surface area contributed by atoms with Gasteiger partial charge in [0, 0.05) is 18.6 Å². The molecule has 0 aliphatic rings. The lowest BCUT2D eigenvalue weighted by Crippen LogP contribution is -2.33. The fourth-order valence-electron chi connectivity index (χ4n) is 2.39. The third-order valence-electron chi connectivity index (χ3n) is 3.60. The molecule has 0 N–H and O–H groups in total. The fraction of sp³-hybridized carbons (Fsp3) is 1.00. The zero-order valence-corrected chi connectivity index (χ0v) is 13.1. The molecule has 0 heterocycles. The van der Waals surface area contributed by atoms with E-state index in [1.165, 1.54) is 44.9 Å². The summed E-state index contributed by atoms with van der Waals surface area (Å²) >= 11 is 0. The van der Waals surface area contributed by atoms with E-state index in [2.05, 4.69) is 27.7 Å². The first kappa shape index (κ1) is 17.9. The summed E-state index contributed by atoms with van der Waals surface area (Å²) in [6.07, 6.45) is 8.95. The minimum Gasteiger partial charge on any atom is -0.381 e. The van der Waals surface area contributed by atoms with E-state index in [4.69, 9.17) is 9.47 Å². The van der Waals surface area contributed by atoms with Crippen LogP contribution in [0.4, 0.5) is 0 Å². The Hall–Kier alpha value is -0.0800. The molecule has 0 aromatic rings. The lowest BCUT2D eigenvalue weighted by atomic mass is 9.79. The zero-order chi connectivity index (χ0) is 13.7. The molecule has 0 aromatic heterocycles. The summed E-state index contributed by atoms with van der Waals surface area (Å²) in [6, 6.07) is 0. The summed E-state index contributed by atoms with van der Waals surface area (Å²) in [5.41, 5.74) is 0.261. The smallest absolute Gasteiger partial charge is 0.0544 e. The molecule has 0 aromatic carbocycles. The Morgan fingerprint density at radius 1 is 0.667 bits per heavy atom. The van der Waals surface area contributed by atoms with Crippen molar-refractivity contribution in [3.63, 3.8) is 0 Å². The van der Waals surface area contributed by atoms with Crippen LogP contribution in [0.1, 0.15) is 72.6 Å². The van der Waals surface area contributed by atoms with E-state index in [-0.39, 0.29) is 5.41 Å². The summed E-state index contributed by atoms with van der Waals surface area (Å²) in [7, 11) is 0. The monoisotopic (exact) mass is 258 g/mol. The van der Waals surface area contributed by atoms with E-state index in [9.17, 15) is 0 Å². The summed E-state index contributed by atoms with van der Waals surface area (Å²) in [4.78, 5) is 0. The second kappa shape index (κ2) is 12.0. The van der Waals surface area contributed by atoms with E-state index in [1.807, 2.05) is 0 Å². The molecule has 0 fully saturated rings. The Labute approximate surface area is 114 Å². The maximum Gasteiger partial charge on any atom is 0.0544 e. The van der Waals surface area contributed by atoms with E-state index >= 15 is 0 Å². The second-order valence-corrected chi connectivity index (χ2v) is 5.33. The van der Waals surface area contributed by atoms with E-state index < -0.39 is 0 Å². The summed E-state index contributed by atoms with van der Waals surface area (Å²) in [6.45, 7) is 12.0. The topological polar surface area (TPSA) is 18.5 Å². The molecule has 0 saturated carbocycles. The van der Waals surface area contributed by atoms with Gasteiger partial charge in [-0.25, -0.2) is 0 Å². The highest BCUT2D eigenvalue weighted by Crippen LogP contribution is 2.32. The van der Waals surface area contributed by atoms with E-state index in [0.29, 0.717) is 0 Å². The zero-order valence-electron chi connectivity index (χ0n) is 13.1. The summed E-state index contributed by atoms with van der Waals surface area (Å²) in [5.74, 6) is 0. The first-order chi connectivity index (χ1) is 8.74. The maximum absolute atomic E-state index is 5.74. The van der Waals surface area contributed by atoms with Gasteiger partial charge in [0.25, 0.3) is 0 Å². The Kier molecular flexibility index (Phi) is 11.9. The summed E-state index contributed by atoms with van der Waals surface area (Å²) < 4.78 is 11.5. The molecule has 0 bridgehead atoms. The standard InChI is InChI=1S/C16H34O2/c1-5-9-11-13-16(12-10-6-2,14-17-7-3)15-18-8-4/h5-15H2,1-4H3. The lowest BCUT2D eigenvalue weighted by Gasteiger charge is -2.33. The average molecular weight is 258 g/mol. The Morgan fingerprint density at radius 2 is 1.17 bits per heavy atom. The van der Waals surface area contributed by atoms with Crippen molar-refractivity contribution in [1.82, 2.24) is 0 Å². The van der Waals surface area contributed by atoms with Crippen molar-refractivity contribution in [3.8, 4) is 0 Å². The molecule has 2 heteroatoms. The molecule has 0 atom stereocenters. The predicted octanol–water partition coefficient (Wildman–Crippen LogP) is 4.82. The SMILES string of the molecule is CCCCCC(CCCC)(COCC)COCC. The van der Waals surface area contributed by atoms with Gasteiger partial charge in [0.15, 0.2) is 0 Å². The van der Waals surface area contributed by atoms with Crippen LogP contribution in [-0.4, -0.2) is 26.4 Å².